The van der Waals surface area contributed by atoms with Crippen molar-refractivity contribution in [1.82, 2.24) is 14.9 Å². The van der Waals surface area contributed by atoms with Gasteiger partial charge in [0.25, 0.3) is 5.56 Å². The van der Waals surface area contributed by atoms with Crippen LogP contribution in [0.3, 0.4) is 0 Å². The highest BCUT2D eigenvalue weighted by Gasteiger charge is 2.12. The van der Waals surface area contributed by atoms with Gasteiger partial charge in [-0.3, -0.25) is 4.79 Å². The van der Waals surface area contributed by atoms with Crippen LogP contribution in [0.4, 0.5) is 0 Å². The molecule has 2 rings (SSSR count). The van der Waals surface area contributed by atoms with Crippen molar-refractivity contribution in [3.63, 3.8) is 0 Å². The Kier molecular flexibility index (Phi) is 6.74. The normalized spacial score (nSPS) is 10.4. The summed E-state index contributed by atoms with van der Waals surface area (Å²) in [5.41, 5.74) is 0.544. The van der Waals surface area contributed by atoms with Crippen molar-refractivity contribution < 1.29 is 5.11 Å². The van der Waals surface area contributed by atoms with Gasteiger partial charge in [0.05, 0.1) is 0 Å². The number of hydrogen-bond donors (Lipinski definition) is 2. The molecule has 0 unspecified atom stereocenters. The van der Waals surface area contributed by atoms with Gasteiger partial charge in [0.1, 0.15) is 5.56 Å². The van der Waals surface area contributed by atoms with Gasteiger partial charge in [-0.2, -0.15) is 4.98 Å². The molecule has 21 heavy (non-hydrogen) atoms. The van der Waals surface area contributed by atoms with Crippen LogP contribution in [0.5, 0.6) is 5.88 Å². The predicted molar refractivity (Wildman–Crippen MR) is 88.5 cm³/mol. The number of H-pyrrole nitrogens is 1. The average molecular weight is 328 g/mol. The first-order chi connectivity index (χ1) is 9.58. The Morgan fingerprint density at radius 3 is 2.52 bits per heavy atom. The Morgan fingerprint density at radius 2 is 1.95 bits per heavy atom. The molecule has 0 fully saturated rings. The van der Waals surface area contributed by atoms with Gasteiger partial charge in [-0.25, -0.2) is 0 Å². The quantitative estimate of drug-likeness (QED) is 0.651. The molecule has 0 saturated carbocycles. The SMILES string of the molecule is CN(C)CCSc1nc(O)c(-c2ccccc2)c(=O)[nH]1.Cl. The van der Waals surface area contributed by atoms with Gasteiger partial charge in [-0.05, 0) is 19.7 Å². The van der Waals surface area contributed by atoms with Gasteiger partial charge in [-0.15, -0.1) is 12.4 Å². The van der Waals surface area contributed by atoms with E-state index in [1.807, 2.05) is 37.2 Å². The van der Waals surface area contributed by atoms with Crippen LogP contribution < -0.4 is 5.56 Å². The molecule has 1 heterocycles. The zero-order valence-electron chi connectivity index (χ0n) is 11.9. The van der Waals surface area contributed by atoms with Crippen LogP contribution in [-0.4, -0.2) is 46.4 Å². The minimum Gasteiger partial charge on any atom is -0.493 e. The predicted octanol–water partition coefficient (Wildman–Crippen LogP) is 2.22. The molecule has 0 amide bonds. The van der Waals surface area contributed by atoms with Crippen LogP contribution in [0.1, 0.15) is 0 Å². The van der Waals surface area contributed by atoms with Gasteiger partial charge in [0.15, 0.2) is 5.16 Å². The standard InChI is InChI=1S/C14H17N3O2S.ClH/c1-17(2)8-9-20-14-15-12(18)11(13(19)16-14)10-6-4-3-5-7-10;/h3-7H,8-9H2,1-2H3,(H2,15,16,18,19);1H. The topological polar surface area (TPSA) is 69.2 Å². The first-order valence-corrected chi connectivity index (χ1v) is 7.22. The fourth-order valence-electron chi connectivity index (χ4n) is 1.70. The number of rotatable bonds is 5. The smallest absolute Gasteiger partial charge is 0.263 e. The maximum Gasteiger partial charge on any atom is 0.263 e. The van der Waals surface area contributed by atoms with Gasteiger partial charge < -0.3 is 15.0 Å². The number of halogens is 1. The molecule has 0 aliphatic carbocycles. The van der Waals surface area contributed by atoms with E-state index in [9.17, 15) is 9.90 Å². The second kappa shape index (κ2) is 8.07. The number of hydrogen-bond acceptors (Lipinski definition) is 5. The Labute approximate surface area is 133 Å². The van der Waals surface area contributed by atoms with E-state index in [1.165, 1.54) is 11.8 Å². The number of thioether (sulfide) groups is 1. The van der Waals surface area contributed by atoms with Gasteiger partial charge in [0.2, 0.25) is 5.88 Å². The molecule has 1 aromatic heterocycles. The zero-order valence-corrected chi connectivity index (χ0v) is 13.5. The Morgan fingerprint density at radius 1 is 1.29 bits per heavy atom. The van der Waals surface area contributed by atoms with Crippen LogP contribution in [0.25, 0.3) is 11.1 Å². The minimum atomic E-state index is -0.323. The lowest BCUT2D eigenvalue weighted by molar-refractivity contribution is 0.436. The highest BCUT2D eigenvalue weighted by Crippen LogP contribution is 2.24. The summed E-state index contributed by atoms with van der Waals surface area (Å²) in [6.07, 6.45) is 0. The lowest BCUT2D eigenvalue weighted by Gasteiger charge is -2.09. The molecule has 7 heteroatoms. The van der Waals surface area contributed by atoms with Crippen LogP contribution in [0, 0.1) is 0 Å². The van der Waals surface area contributed by atoms with Crippen molar-refractivity contribution >= 4 is 24.2 Å². The molecule has 114 valence electrons. The molecular weight excluding hydrogens is 310 g/mol. The summed E-state index contributed by atoms with van der Waals surface area (Å²) in [6, 6.07) is 9.02. The molecule has 1 aromatic carbocycles. The molecule has 5 nitrogen and oxygen atoms in total. The highest BCUT2D eigenvalue weighted by molar-refractivity contribution is 7.99. The number of aromatic amines is 1. The molecule has 0 spiro atoms. The lowest BCUT2D eigenvalue weighted by atomic mass is 10.1. The van der Waals surface area contributed by atoms with E-state index in [1.54, 1.807) is 12.1 Å². The summed E-state index contributed by atoms with van der Waals surface area (Å²) < 4.78 is 0. The van der Waals surface area contributed by atoms with Crippen LogP contribution in [0.15, 0.2) is 40.3 Å². The fraction of sp³-hybridized carbons (Fsp3) is 0.286. The molecule has 0 aliphatic rings. The first-order valence-electron chi connectivity index (χ1n) is 6.24. The molecular formula is C14H18ClN3O2S. The van der Waals surface area contributed by atoms with E-state index < -0.39 is 0 Å². The van der Waals surface area contributed by atoms with Crippen molar-refractivity contribution in [1.29, 1.82) is 0 Å². The number of aromatic nitrogens is 2. The summed E-state index contributed by atoms with van der Waals surface area (Å²) in [7, 11) is 3.96. The van der Waals surface area contributed by atoms with Crippen LogP contribution in [0.2, 0.25) is 0 Å². The number of aromatic hydroxyl groups is 1. The molecule has 0 saturated heterocycles. The summed E-state index contributed by atoms with van der Waals surface area (Å²) >= 11 is 1.41. The molecule has 0 aliphatic heterocycles. The minimum absolute atomic E-state index is 0. The number of nitrogens with zero attached hydrogens (tertiary/aromatic N) is 2. The lowest BCUT2D eigenvalue weighted by Crippen LogP contribution is -2.16. The summed E-state index contributed by atoms with van der Waals surface area (Å²) in [5.74, 6) is 0.562. The van der Waals surface area contributed by atoms with E-state index in [-0.39, 0.29) is 29.4 Å². The third-order valence-electron chi connectivity index (χ3n) is 2.72. The van der Waals surface area contributed by atoms with E-state index in [0.29, 0.717) is 10.7 Å². The Bertz CT molecular complexity index is 632. The third kappa shape index (κ3) is 4.77. The molecule has 0 atom stereocenters. The fourth-order valence-corrected chi connectivity index (χ4v) is 2.67. The van der Waals surface area contributed by atoms with Crippen molar-refractivity contribution in [3.8, 4) is 17.0 Å². The maximum absolute atomic E-state index is 12.1. The van der Waals surface area contributed by atoms with Gasteiger partial charge in [0, 0.05) is 12.3 Å². The third-order valence-corrected chi connectivity index (χ3v) is 3.57. The van der Waals surface area contributed by atoms with Crippen molar-refractivity contribution in [2.75, 3.05) is 26.4 Å². The van der Waals surface area contributed by atoms with E-state index in [2.05, 4.69) is 9.97 Å². The van der Waals surface area contributed by atoms with E-state index in [0.717, 1.165) is 12.3 Å². The zero-order chi connectivity index (χ0) is 14.5. The number of benzene rings is 1. The maximum atomic E-state index is 12.1. The van der Waals surface area contributed by atoms with Crippen molar-refractivity contribution in [2.24, 2.45) is 0 Å². The van der Waals surface area contributed by atoms with E-state index >= 15 is 0 Å². The van der Waals surface area contributed by atoms with Crippen LogP contribution >= 0.6 is 24.2 Å². The van der Waals surface area contributed by atoms with Crippen molar-refractivity contribution in [3.05, 3.63) is 40.7 Å². The van der Waals surface area contributed by atoms with E-state index in [4.69, 9.17) is 0 Å². The average Bonchev–Trinajstić information content (AvgIpc) is 2.38. The second-order valence-corrected chi connectivity index (χ2v) is 5.67. The van der Waals surface area contributed by atoms with Gasteiger partial charge >= 0.3 is 0 Å². The van der Waals surface area contributed by atoms with Crippen molar-refractivity contribution in [2.45, 2.75) is 5.16 Å². The molecule has 2 N–H and O–H groups in total. The second-order valence-electron chi connectivity index (χ2n) is 4.59. The number of nitrogens with one attached hydrogen (secondary N) is 1. The Hall–Kier alpha value is -1.50. The monoisotopic (exact) mass is 327 g/mol. The summed E-state index contributed by atoms with van der Waals surface area (Å²) in [4.78, 5) is 20.9. The highest BCUT2D eigenvalue weighted by atomic mass is 35.5. The molecule has 0 bridgehead atoms. The van der Waals surface area contributed by atoms with Gasteiger partial charge in [-0.1, -0.05) is 42.1 Å². The Balaban J connectivity index is 0.00000220. The summed E-state index contributed by atoms with van der Waals surface area (Å²) in [5, 5.41) is 10.4. The largest absolute Gasteiger partial charge is 0.493 e. The molecule has 0 radical (unpaired) electrons. The summed E-state index contributed by atoms with van der Waals surface area (Å²) in [6.45, 7) is 0.871. The molecule has 2 aromatic rings. The first kappa shape index (κ1) is 17.6. The van der Waals surface area contributed by atoms with Crippen LogP contribution in [-0.2, 0) is 0 Å².